The van der Waals surface area contributed by atoms with Gasteiger partial charge in [0.1, 0.15) is 0 Å². The highest BCUT2D eigenvalue weighted by Crippen LogP contribution is 2.27. The standard InChI is InChI=1S/C21H19ClN2OS2/c1-13-6-7-16(15(3)11-13)23-21(26)19(24-10-4-5-14(2)12-24)20(25)17-8-9-18(22)27-17/h4-12H,1-3H3,(H-,23,25,26). The molecule has 0 aliphatic heterocycles. The Morgan fingerprint density at radius 2 is 1.89 bits per heavy atom. The minimum Gasteiger partial charge on any atom is -0.867 e. The summed E-state index contributed by atoms with van der Waals surface area (Å²) in [6.45, 7) is 6.03. The second-order valence-electron chi connectivity index (χ2n) is 6.34. The second-order valence-corrected chi connectivity index (χ2v) is 8.47. The maximum absolute atomic E-state index is 13.2. The number of aromatic nitrogens is 1. The Bertz CT molecular complexity index is 1040. The summed E-state index contributed by atoms with van der Waals surface area (Å²) in [5.41, 5.74) is 4.55. The van der Waals surface area contributed by atoms with Gasteiger partial charge in [0, 0.05) is 22.2 Å². The van der Waals surface area contributed by atoms with Crippen molar-refractivity contribution in [1.29, 1.82) is 0 Å². The fourth-order valence-corrected chi connectivity index (χ4v) is 4.05. The molecule has 2 heterocycles. The van der Waals surface area contributed by atoms with E-state index in [1.807, 2.05) is 57.4 Å². The average molecular weight is 415 g/mol. The van der Waals surface area contributed by atoms with Gasteiger partial charge in [0.25, 0.3) is 0 Å². The van der Waals surface area contributed by atoms with E-state index in [-0.39, 0.29) is 5.76 Å². The van der Waals surface area contributed by atoms with E-state index >= 15 is 0 Å². The molecule has 1 N–H and O–H groups in total. The Hall–Kier alpha value is -2.21. The van der Waals surface area contributed by atoms with Crippen LogP contribution in [0.5, 0.6) is 0 Å². The second kappa shape index (κ2) is 8.21. The number of hydrogen-bond acceptors (Lipinski definition) is 3. The van der Waals surface area contributed by atoms with Crippen LogP contribution in [0.25, 0.3) is 11.5 Å². The van der Waals surface area contributed by atoms with E-state index in [9.17, 15) is 5.11 Å². The minimum atomic E-state index is -0.162. The smallest absolute Gasteiger partial charge is 0.239 e. The van der Waals surface area contributed by atoms with Crippen LogP contribution < -0.4 is 15.0 Å². The summed E-state index contributed by atoms with van der Waals surface area (Å²) >= 11 is 12.9. The predicted molar refractivity (Wildman–Crippen MR) is 116 cm³/mol. The number of nitrogens with one attached hydrogen (secondary N) is 1. The normalized spacial score (nSPS) is 11.9. The van der Waals surface area contributed by atoms with E-state index in [4.69, 9.17) is 23.8 Å². The third-order valence-corrected chi connectivity index (χ3v) is 5.59. The third-order valence-electron chi connectivity index (χ3n) is 4.06. The van der Waals surface area contributed by atoms with Crippen LogP contribution in [0.15, 0.2) is 54.9 Å². The quantitative estimate of drug-likeness (QED) is 0.290. The molecule has 27 heavy (non-hydrogen) atoms. The largest absolute Gasteiger partial charge is 0.867 e. The number of nitrogens with zero attached hydrogens (tertiary/aromatic N) is 1. The summed E-state index contributed by atoms with van der Waals surface area (Å²) < 4.78 is 2.34. The lowest BCUT2D eigenvalue weighted by molar-refractivity contribution is -0.578. The van der Waals surface area contributed by atoms with E-state index in [0.29, 0.717) is 19.9 Å². The molecule has 0 amide bonds. The summed E-state index contributed by atoms with van der Waals surface area (Å²) in [6, 6.07) is 13.4. The first kappa shape index (κ1) is 19.5. The van der Waals surface area contributed by atoms with Gasteiger partial charge in [0.2, 0.25) is 5.70 Å². The van der Waals surface area contributed by atoms with Crippen LogP contribution in [-0.2, 0) is 0 Å². The number of pyridine rings is 1. The Balaban J connectivity index is 2.08. The average Bonchev–Trinajstić information content (AvgIpc) is 3.04. The molecule has 0 saturated heterocycles. The van der Waals surface area contributed by atoms with Crippen LogP contribution in [0.3, 0.4) is 0 Å². The molecule has 0 saturated carbocycles. The van der Waals surface area contributed by atoms with Crippen molar-refractivity contribution in [1.82, 2.24) is 0 Å². The van der Waals surface area contributed by atoms with Gasteiger partial charge >= 0.3 is 0 Å². The van der Waals surface area contributed by atoms with Crippen molar-refractivity contribution in [3.8, 4) is 0 Å². The van der Waals surface area contributed by atoms with Crippen LogP contribution in [0.4, 0.5) is 5.69 Å². The SMILES string of the molecule is Cc1ccc(NC(=S)C(=C([O-])c2ccc(Cl)s2)[n+]2cccc(C)c2)c(C)c1. The first-order chi connectivity index (χ1) is 12.8. The third kappa shape index (κ3) is 4.56. The number of thiocarbonyl (C=S) groups is 1. The zero-order valence-electron chi connectivity index (χ0n) is 15.2. The van der Waals surface area contributed by atoms with Crippen molar-refractivity contribution in [2.24, 2.45) is 0 Å². The maximum atomic E-state index is 13.2. The van der Waals surface area contributed by atoms with Crippen LogP contribution in [0.2, 0.25) is 4.34 Å². The fraction of sp³-hybridized carbons (Fsp3) is 0.143. The van der Waals surface area contributed by atoms with Gasteiger partial charge in [0.05, 0.1) is 4.34 Å². The first-order valence-electron chi connectivity index (χ1n) is 8.39. The number of benzene rings is 1. The Kier molecular flexibility index (Phi) is 5.95. The maximum Gasteiger partial charge on any atom is 0.239 e. The van der Waals surface area contributed by atoms with Gasteiger partial charge in [-0.3, -0.25) is 0 Å². The zero-order valence-corrected chi connectivity index (χ0v) is 17.6. The molecule has 0 unspecified atom stereocenters. The molecule has 0 radical (unpaired) electrons. The topological polar surface area (TPSA) is 39.0 Å². The molecule has 3 aromatic rings. The van der Waals surface area contributed by atoms with E-state index in [2.05, 4.69) is 11.4 Å². The highest BCUT2D eigenvalue weighted by molar-refractivity contribution is 7.81. The summed E-state index contributed by atoms with van der Waals surface area (Å²) in [5, 5.41) is 16.4. The van der Waals surface area contributed by atoms with E-state index < -0.39 is 0 Å². The van der Waals surface area contributed by atoms with Crippen molar-refractivity contribution in [2.75, 3.05) is 5.32 Å². The summed E-state index contributed by atoms with van der Waals surface area (Å²) in [5.74, 6) is -0.162. The number of aryl methyl sites for hydroxylation is 3. The van der Waals surface area contributed by atoms with Gasteiger partial charge in [0.15, 0.2) is 17.4 Å². The number of thiophene rings is 1. The molecule has 138 valence electrons. The van der Waals surface area contributed by atoms with Crippen molar-refractivity contribution >= 4 is 57.3 Å². The molecule has 3 rings (SSSR count). The summed E-state index contributed by atoms with van der Waals surface area (Å²) in [7, 11) is 0. The monoisotopic (exact) mass is 414 g/mol. The molecule has 6 heteroatoms. The first-order valence-corrected chi connectivity index (χ1v) is 9.99. The molecular weight excluding hydrogens is 396 g/mol. The number of anilines is 1. The Morgan fingerprint density at radius 3 is 2.52 bits per heavy atom. The molecular formula is C21H19ClN2OS2. The van der Waals surface area contributed by atoms with Crippen LogP contribution in [0.1, 0.15) is 21.6 Å². The lowest BCUT2D eigenvalue weighted by Crippen LogP contribution is -2.40. The predicted octanol–water partition coefficient (Wildman–Crippen LogP) is 4.74. The van der Waals surface area contributed by atoms with Gasteiger partial charge in [-0.25, -0.2) is 0 Å². The number of halogens is 1. The highest BCUT2D eigenvalue weighted by Gasteiger charge is 2.20. The molecule has 0 bridgehead atoms. The molecule has 3 nitrogen and oxygen atoms in total. The molecule has 2 aromatic heterocycles. The van der Waals surface area contributed by atoms with Crippen LogP contribution >= 0.6 is 35.2 Å². The lowest BCUT2D eigenvalue weighted by atomic mass is 10.1. The van der Waals surface area contributed by atoms with Gasteiger partial charge in [-0.15, -0.1) is 11.3 Å². The number of rotatable bonds is 4. The molecule has 0 fully saturated rings. The van der Waals surface area contributed by atoms with Gasteiger partial charge in [-0.2, -0.15) is 4.57 Å². The summed E-state index contributed by atoms with van der Waals surface area (Å²) in [4.78, 5) is 0.917. The summed E-state index contributed by atoms with van der Waals surface area (Å²) in [6.07, 6.45) is 3.71. The van der Waals surface area contributed by atoms with Gasteiger partial charge < -0.3 is 10.4 Å². The van der Waals surface area contributed by atoms with Crippen LogP contribution in [0, 0.1) is 20.8 Å². The van der Waals surface area contributed by atoms with Crippen molar-refractivity contribution in [3.05, 3.63) is 80.8 Å². The molecule has 0 spiro atoms. The van der Waals surface area contributed by atoms with Gasteiger partial charge in [-0.05, 0) is 56.4 Å². The Morgan fingerprint density at radius 1 is 1.11 bits per heavy atom. The molecule has 0 atom stereocenters. The molecule has 0 aliphatic rings. The lowest BCUT2D eigenvalue weighted by Gasteiger charge is -2.16. The van der Waals surface area contributed by atoms with Crippen LogP contribution in [-0.4, -0.2) is 4.99 Å². The molecule has 1 aromatic carbocycles. The van der Waals surface area contributed by atoms with E-state index in [0.717, 1.165) is 16.8 Å². The van der Waals surface area contributed by atoms with Crippen molar-refractivity contribution < 1.29 is 9.67 Å². The minimum absolute atomic E-state index is 0.162. The number of hydrogen-bond donors (Lipinski definition) is 1. The Labute approximate surface area is 173 Å². The highest BCUT2D eigenvalue weighted by atomic mass is 35.5. The van der Waals surface area contributed by atoms with Crippen molar-refractivity contribution in [3.63, 3.8) is 0 Å². The van der Waals surface area contributed by atoms with E-state index in [1.54, 1.807) is 16.7 Å². The van der Waals surface area contributed by atoms with Gasteiger partial charge in [-0.1, -0.05) is 41.5 Å². The fourth-order valence-electron chi connectivity index (χ4n) is 2.76. The van der Waals surface area contributed by atoms with E-state index in [1.165, 1.54) is 16.9 Å². The molecule has 0 aliphatic carbocycles. The zero-order chi connectivity index (χ0) is 19.6. The van der Waals surface area contributed by atoms with Crippen molar-refractivity contribution in [2.45, 2.75) is 20.8 Å².